The number of nitrogens with zero attached hydrogens (tertiary/aromatic N) is 1. The lowest BCUT2D eigenvalue weighted by Crippen LogP contribution is -2.54. The standard InChI is InChI=1S/C29H45NO8/c1-19(2)16-35-24-20(3)36-25(31)23(18-34-17-22(24)15-21-13-11-10-12-14-21)30(26(32)37-28(4,5)6)27(33)38-29(7,8)9/h10-14,19-20,22-24H,15-18H2,1-9H3. The van der Waals surface area contributed by atoms with Crippen molar-refractivity contribution in [3.05, 3.63) is 35.9 Å². The van der Waals surface area contributed by atoms with Crippen LogP contribution < -0.4 is 0 Å². The third kappa shape index (κ3) is 10.3. The van der Waals surface area contributed by atoms with Crippen LogP contribution in [-0.2, 0) is 34.9 Å². The number of imide groups is 1. The van der Waals surface area contributed by atoms with E-state index >= 15 is 0 Å². The van der Waals surface area contributed by atoms with Crippen molar-refractivity contribution in [3.8, 4) is 0 Å². The molecule has 1 aromatic carbocycles. The number of amides is 2. The third-order valence-electron chi connectivity index (χ3n) is 5.56. The summed E-state index contributed by atoms with van der Waals surface area (Å²) in [5.41, 5.74) is -0.729. The second-order valence-electron chi connectivity index (χ2n) is 12.2. The molecule has 0 aliphatic carbocycles. The highest BCUT2D eigenvalue weighted by molar-refractivity contribution is 5.94. The van der Waals surface area contributed by atoms with Gasteiger partial charge in [0.15, 0.2) is 6.04 Å². The molecule has 1 aliphatic heterocycles. The minimum Gasteiger partial charge on any atom is -0.458 e. The highest BCUT2D eigenvalue weighted by Gasteiger charge is 2.44. The average Bonchev–Trinajstić information content (AvgIpc) is 2.80. The molecule has 1 heterocycles. The van der Waals surface area contributed by atoms with Gasteiger partial charge in [-0.05, 0) is 66.4 Å². The molecule has 1 aromatic rings. The van der Waals surface area contributed by atoms with Gasteiger partial charge in [0, 0.05) is 12.5 Å². The van der Waals surface area contributed by atoms with Crippen molar-refractivity contribution in [2.24, 2.45) is 11.8 Å². The zero-order valence-electron chi connectivity index (χ0n) is 24.3. The molecule has 2 rings (SSSR count). The second-order valence-corrected chi connectivity index (χ2v) is 12.2. The number of rotatable bonds is 6. The number of hydrogen-bond acceptors (Lipinski definition) is 8. The molecule has 4 unspecified atom stereocenters. The molecule has 9 heteroatoms. The van der Waals surface area contributed by atoms with E-state index < -0.39 is 47.6 Å². The molecular weight excluding hydrogens is 490 g/mol. The van der Waals surface area contributed by atoms with E-state index in [2.05, 4.69) is 0 Å². The van der Waals surface area contributed by atoms with Gasteiger partial charge in [-0.2, -0.15) is 4.90 Å². The first-order valence-corrected chi connectivity index (χ1v) is 13.3. The van der Waals surface area contributed by atoms with Crippen LogP contribution in [0.2, 0.25) is 0 Å². The molecule has 0 N–H and O–H groups in total. The maximum atomic E-state index is 13.4. The number of hydrogen-bond donors (Lipinski definition) is 0. The summed E-state index contributed by atoms with van der Waals surface area (Å²) in [6.45, 7) is 16.3. The Bertz CT molecular complexity index is 891. The number of esters is 1. The normalized spacial score (nSPS) is 23.1. The van der Waals surface area contributed by atoms with Crippen LogP contribution in [-0.4, -0.2) is 72.3 Å². The average molecular weight is 536 g/mol. The van der Waals surface area contributed by atoms with Gasteiger partial charge in [0.25, 0.3) is 0 Å². The minimum atomic E-state index is -1.40. The summed E-state index contributed by atoms with van der Waals surface area (Å²) in [5, 5.41) is 0. The molecule has 1 aliphatic rings. The van der Waals surface area contributed by atoms with Crippen LogP contribution in [0.4, 0.5) is 9.59 Å². The van der Waals surface area contributed by atoms with Gasteiger partial charge in [-0.15, -0.1) is 0 Å². The first kappa shape index (κ1) is 31.6. The summed E-state index contributed by atoms with van der Waals surface area (Å²) in [5.74, 6) is -0.673. The number of carbonyl (C=O) groups excluding carboxylic acids is 3. The van der Waals surface area contributed by atoms with Gasteiger partial charge in [-0.25, -0.2) is 14.4 Å². The van der Waals surface area contributed by atoms with Gasteiger partial charge < -0.3 is 23.7 Å². The van der Waals surface area contributed by atoms with Crippen molar-refractivity contribution >= 4 is 18.2 Å². The van der Waals surface area contributed by atoms with E-state index in [9.17, 15) is 14.4 Å². The van der Waals surface area contributed by atoms with Crippen LogP contribution in [0, 0.1) is 11.8 Å². The van der Waals surface area contributed by atoms with Crippen LogP contribution in [0.1, 0.15) is 67.9 Å². The van der Waals surface area contributed by atoms with Gasteiger partial charge in [0.05, 0.1) is 19.3 Å². The largest absolute Gasteiger partial charge is 0.458 e. The Labute approximate surface area is 227 Å². The highest BCUT2D eigenvalue weighted by atomic mass is 16.6. The fourth-order valence-corrected chi connectivity index (χ4v) is 4.00. The molecule has 0 aromatic heterocycles. The third-order valence-corrected chi connectivity index (χ3v) is 5.56. The van der Waals surface area contributed by atoms with Gasteiger partial charge in [0.2, 0.25) is 0 Å². The van der Waals surface area contributed by atoms with Crippen LogP contribution >= 0.6 is 0 Å². The van der Waals surface area contributed by atoms with E-state index in [1.54, 1.807) is 48.5 Å². The Morgan fingerprint density at radius 1 is 0.974 bits per heavy atom. The van der Waals surface area contributed by atoms with E-state index in [-0.39, 0.29) is 25.0 Å². The Hall–Kier alpha value is -2.65. The summed E-state index contributed by atoms with van der Waals surface area (Å²) in [4.78, 5) is 40.4. The molecule has 0 spiro atoms. The number of cyclic esters (lactones) is 1. The molecule has 9 nitrogen and oxygen atoms in total. The van der Waals surface area contributed by atoms with Crippen LogP contribution in [0.25, 0.3) is 0 Å². The van der Waals surface area contributed by atoms with E-state index in [0.29, 0.717) is 17.9 Å². The minimum absolute atomic E-state index is 0.144. The number of carbonyl (C=O) groups is 3. The molecule has 2 amide bonds. The Morgan fingerprint density at radius 3 is 2.03 bits per heavy atom. The van der Waals surface area contributed by atoms with Gasteiger partial charge in [-0.1, -0.05) is 44.2 Å². The smallest absolute Gasteiger partial charge is 0.420 e. The zero-order chi connectivity index (χ0) is 28.7. The Morgan fingerprint density at radius 2 is 1.53 bits per heavy atom. The van der Waals surface area contributed by atoms with Gasteiger partial charge in [0.1, 0.15) is 17.3 Å². The highest BCUT2D eigenvalue weighted by Crippen LogP contribution is 2.25. The zero-order valence-corrected chi connectivity index (χ0v) is 24.3. The quantitative estimate of drug-likeness (QED) is 0.353. The SMILES string of the molecule is CC(C)COC1C(Cc2ccccc2)COCC(N(C(=O)OC(C)(C)C)C(=O)OC(C)(C)C)C(=O)OC1C. The number of benzene rings is 1. The molecular formula is C29H45NO8. The summed E-state index contributed by atoms with van der Waals surface area (Å²) in [7, 11) is 0. The molecule has 38 heavy (non-hydrogen) atoms. The summed E-state index contributed by atoms with van der Waals surface area (Å²) in [6, 6.07) is 8.54. The van der Waals surface area contributed by atoms with Crippen molar-refractivity contribution in [2.45, 2.75) is 98.2 Å². The fraction of sp³-hybridized carbons (Fsp3) is 0.690. The molecule has 0 bridgehead atoms. The lowest BCUT2D eigenvalue weighted by atomic mass is 9.91. The Kier molecular flexibility index (Phi) is 11.2. The maximum absolute atomic E-state index is 13.4. The van der Waals surface area contributed by atoms with Crippen molar-refractivity contribution in [3.63, 3.8) is 0 Å². The molecule has 1 fully saturated rings. The lowest BCUT2D eigenvalue weighted by molar-refractivity contribution is -0.164. The second kappa shape index (κ2) is 13.4. The van der Waals surface area contributed by atoms with Crippen molar-refractivity contribution in [1.82, 2.24) is 4.90 Å². The first-order valence-electron chi connectivity index (χ1n) is 13.3. The summed E-state index contributed by atoms with van der Waals surface area (Å²) in [6.07, 6.45) is -2.52. The van der Waals surface area contributed by atoms with E-state index in [0.717, 1.165) is 5.56 Å². The molecule has 1 saturated heterocycles. The van der Waals surface area contributed by atoms with Crippen LogP contribution in [0.5, 0.6) is 0 Å². The van der Waals surface area contributed by atoms with Gasteiger partial charge in [-0.3, -0.25) is 0 Å². The summed E-state index contributed by atoms with van der Waals surface area (Å²) < 4.78 is 29.0. The predicted molar refractivity (Wildman–Crippen MR) is 143 cm³/mol. The van der Waals surface area contributed by atoms with E-state index in [4.69, 9.17) is 23.7 Å². The fourth-order valence-electron chi connectivity index (χ4n) is 4.00. The topological polar surface area (TPSA) is 101 Å². The summed E-state index contributed by atoms with van der Waals surface area (Å²) >= 11 is 0. The maximum Gasteiger partial charge on any atom is 0.420 e. The first-order chi connectivity index (χ1) is 17.6. The molecule has 0 radical (unpaired) electrons. The monoisotopic (exact) mass is 535 g/mol. The van der Waals surface area contributed by atoms with Crippen LogP contribution in [0.15, 0.2) is 30.3 Å². The molecule has 214 valence electrons. The lowest BCUT2D eigenvalue weighted by Gasteiger charge is -2.33. The van der Waals surface area contributed by atoms with Crippen molar-refractivity contribution in [1.29, 1.82) is 0 Å². The van der Waals surface area contributed by atoms with E-state index in [1.165, 1.54) is 0 Å². The van der Waals surface area contributed by atoms with Crippen LogP contribution in [0.3, 0.4) is 0 Å². The number of ether oxygens (including phenoxy) is 5. The Balaban J connectivity index is 2.39. The van der Waals surface area contributed by atoms with Crippen molar-refractivity contribution in [2.75, 3.05) is 19.8 Å². The predicted octanol–water partition coefficient (Wildman–Crippen LogP) is 5.39. The van der Waals surface area contributed by atoms with Crippen molar-refractivity contribution < 1.29 is 38.1 Å². The van der Waals surface area contributed by atoms with E-state index in [1.807, 2.05) is 44.2 Å². The van der Waals surface area contributed by atoms with Gasteiger partial charge >= 0.3 is 18.2 Å². The molecule has 4 atom stereocenters. The molecule has 0 saturated carbocycles.